The number of aliphatic hydroxyl groups is 2. The Morgan fingerprint density at radius 1 is 1.02 bits per heavy atom. The fourth-order valence-electron chi connectivity index (χ4n) is 5.90. The Hall–Kier alpha value is -3.01. The highest BCUT2D eigenvalue weighted by atomic mass is 32.2. The standard InChI is InChI=1S/C28H33N3O10S/c32-19-9-10-20(33)31(19)26-24(36)23(35)25-17(40-26)12-39-27(41-25)15-7-5-14(6-8-15)11-38-21(34)4-2-1-3-18-22-16(13-42-18)29-28(37)30-22/h5-10,16-18,22-27,35-36H,1-4,11-13H2,(H2,29,30,37)/t16-,17+,18-,22-,23+,24+,25?,26+,27?/m0/s1. The van der Waals surface area contributed by atoms with E-state index in [1.54, 1.807) is 24.3 Å². The zero-order chi connectivity index (χ0) is 29.4. The van der Waals surface area contributed by atoms with E-state index in [0.717, 1.165) is 47.6 Å². The second kappa shape index (κ2) is 12.3. The van der Waals surface area contributed by atoms with Gasteiger partial charge in [-0.1, -0.05) is 30.7 Å². The fraction of sp³-hybridized carbons (Fsp3) is 0.571. The molecule has 0 aliphatic carbocycles. The highest BCUT2D eigenvalue weighted by molar-refractivity contribution is 8.00. The lowest BCUT2D eigenvalue weighted by atomic mass is 9.96. The van der Waals surface area contributed by atoms with Crippen LogP contribution in [0.3, 0.4) is 0 Å². The first kappa shape index (κ1) is 29.1. The van der Waals surface area contributed by atoms with Crippen molar-refractivity contribution in [1.82, 2.24) is 15.5 Å². The van der Waals surface area contributed by atoms with Gasteiger partial charge in [0.05, 0.1) is 18.7 Å². The van der Waals surface area contributed by atoms with Crippen LogP contribution >= 0.6 is 11.8 Å². The van der Waals surface area contributed by atoms with Crippen molar-refractivity contribution >= 4 is 35.6 Å². The van der Waals surface area contributed by atoms with Crippen LogP contribution in [-0.4, -0.2) is 99.3 Å². The number of hydrogen-bond donors (Lipinski definition) is 4. The first-order valence-corrected chi connectivity index (χ1v) is 15.1. The summed E-state index contributed by atoms with van der Waals surface area (Å²) in [7, 11) is 0. The number of nitrogens with one attached hydrogen (secondary N) is 2. The van der Waals surface area contributed by atoms with Gasteiger partial charge in [-0.3, -0.25) is 14.4 Å². The molecule has 0 saturated carbocycles. The molecule has 0 spiro atoms. The van der Waals surface area contributed by atoms with Gasteiger partial charge < -0.3 is 39.8 Å². The molecule has 5 heterocycles. The van der Waals surface area contributed by atoms with Crippen molar-refractivity contribution in [2.45, 2.75) is 86.6 Å². The lowest BCUT2D eigenvalue weighted by Gasteiger charge is -2.47. The average Bonchev–Trinajstić information content (AvgIpc) is 3.65. The van der Waals surface area contributed by atoms with Crippen molar-refractivity contribution in [3.8, 4) is 0 Å². The normalized spacial score (nSPS) is 35.5. The third kappa shape index (κ3) is 5.92. The van der Waals surface area contributed by atoms with E-state index in [-0.39, 0.29) is 37.3 Å². The molecular formula is C28H33N3O10S. The van der Waals surface area contributed by atoms with Gasteiger partial charge in [0.15, 0.2) is 12.5 Å². The number of aliphatic hydroxyl groups excluding tert-OH is 2. The minimum atomic E-state index is -1.56. The number of rotatable bonds is 9. The molecule has 9 atom stereocenters. The third-order valence-corrected chi connectivity index (χ3v) is 9.67. The molecule has 0 aromatic heterocycles. The minimum absolute atomic E-state index is 0.00479. The number of carbonyl (C=O) groups is 4. The van der Waals surface area contributed by atoms with Crippen molar-refractivity contribution < 1.29 is 48.3 Å². The van der Waals surface area contributed by atoms with E-state index in [0.29, 0.717) is 17.2 Å². The van der Waals surface area contributed by atoms with Crippen molar-refractivity contribution in [2.24, 2.45) is 0 Å². The molecule has 4 fully saturated rings. The van der Waals surface area contributed by atoms with Crippen molar-refractivity contribution in [3.05, 3.63) is 47.5 Å². The lowest BCUT2D eigenvalue weighted by Crippen LogP contribution is -2.66. The summed E-state index contributed by atoms with van der Waals surface area (Å²) in [6.45, 7) is 0.129. The van der Waals surface area contributed by atoms with E-state index < -0.39 is 48.7 Å². The molecule has 0 bridgehead atoms. The summed E-state index contributed by atoms with van der Waals surface area (Å²) in [5, 5.41) is 27.6. The number of ether oxygens (including phenoxy) is 4. The number of benzene rings is 1. The quantitative estimate of drug-likeness (QED) is 0.132. The van der Waals surface area contributed by atoms with Crippen molar-refractivity contribution in [3.63, 3.8) is 0 Å². The van der Waals surface area contributed by atoms with Gasteiger partial charge in [-0.05, 0) is 18.4 Å². The maximum Gasteiger partial charge on any atom is 0.315 e. The Bertz CT molecular complexity index is 1220. The number of nitrogens with zero attached hydrogens (tertiary/aromatic N) is 1. The van der Waals surface area contributed by atoms with Crippen LogP contribution in [-0.2, 0) is 39.9 Å². The zero-order valence-corrected chi connectivity index (χ0v) is 23.4. The predicted octanol–water partition coefficient (Wildman–Crippen LogP) is 0.241. The SMILES string of the molecule is O=C1N[C@H]2[C@H](CS[C@H]2CCCCC(=O)OCc2ccc(C3OC[C@H]4O[C@@H](N5C(=O)C=CC5=O)[C@H](O)[C@@H](O)C4O3)cc2)N1. The number of fused-ring (bicyclic) bond motifs is 2. The Kier molecular flexibility index (Phi) is 8.52. The van der Waals surface area contributed by atoms with E-state index in [4.69, 9.17) is 18.9 Å². The first-order valence-electron chi connectivity index (χ1n) is 14.1. The number of imide groups is 1. The number of unbranched alkanes of at least 4 members (excludes halogenated alkanes) is 1. The molecule has 4 amide bonds. The van der Waals surface area contributed by atoms with E-state index >= 15 is 0 Å². The molecule has 5 aliphatic rings. The second-order valence-corrected chi connectivity index (χ2v) is 12.2. The summed E-state index contributed by atoms with van der Waals surface area (Å²) in [6.07, 6.45) is -1.91. The van der Waals surface area contributed by atoms with Gasteiger partial charge in [0, 0.05) is 35.1 Å². The van der Waals surface area contributed by atoms with Crippen LogP contribution in [0.2, 0.25) is 0 Å². The molecule has 6 rings (SSSR count). The molecule has 1 aromatic rings. The average molecular weight is 604 g/mol. The van der Waals surface area contributed by atoms with Crippen molar-refractivity contribution in [2.75, 3.05) is 12.4 Å². The molecule has 4 N–H and O–H groups in total. The highest BCUT2D eigenvalue weighted by Crippen LogP contribution is 2.36. The van der Waals surface area contributed by atoms with E-state index in [1.807, 2.05) is 11.8 Å². The van der Waals surface area contributed by atoms with E-state index in [2.05, 4.69) is 10.6 Å². The monoisotopic (exact) mass is 603 g/mol. The molecule has 5 aliphatic heterocycles. The van der Waals surface area contributed by atoms with Gasteiger partial charge >= 0.3 is 12.0 Å². The summed E-state index contributed by atoms with van der Waals surface area (Å²) >= 11 is 1.86. The molecule has 2 unspecified atom stereocenters. The topological polar surface area (TPSA) is 173 Å². The Morgan fingerprint density at radius 3 is 2.55 bits per heavy atom. The summed E-state index contributed by atoms with van der Waals surface area (Å²) in [5.74, 6) is -0.621. The predicted molar refractivity (Wildman–Crippen MR) is 145 cm³/mol. The molecule has 0 radical (unpaired) electrons. The third-order valence-electron chi connectivity index (χ3n) is 8.16. The largest absolute Gasteiger partial charge is 0.461 e. The molecule has 42 heavy (non-hydrogen) atoms. The van der Waals surface area contributed by atoms with E-state index in [9.17, 15) is 29.4 Å². The van der Waals surface area contributed by atoms with E-state index in [1.165, 1.54) is 0 Å². The molecule has 226 valence electrons. The van der Waals surface area contributed by atoms with Crippen LogP contribution in [0.15, 0.2) is 36.4 Å². The molecule has 4 saturated heterocycles. The minimum Gasteiger partial charge on any atom is -0.461 e. The molecule has 13 nitrogen and oxygen atoms in total. The maximum atomic E-state index is 12.3. The van der Waals surface area contributed by atoms with Gasteiger partial charge in [0.2, 0.25) is 0 Å². The number of thioether (sulfide) groups is 1. The molecule has 1 aromatic carbocycles. The highest BCUT2D eigenvalue weighted by Gasteiger charge is 2.52. The van der Waals surface area contributed by atoms with Gasteiger partial charge in [0.1, 0.15) is 31.0 Å². The number of amides is 4. The number of hydrogen-bond acceptors (Lipinski definition) is 11. The summed E-state index contributed by atoms with van der Waals surface area (Å²) in [5.41, 5.74) is 1.44. The number of esters is 1. The maximum absolute atomic E-state index is 12.3. The molecule has 14 heteroatoms. The van der Waals surface area contributed by atoms with Gasteiger partial charge in [-0.25, -0.2) is 9.69 Å². The van der Waals surface area contributed by atoms with Crippen LogP contribution in [0.5, 0.6) is 0 Å². The Balaban J connectivity index is 0.931. The van der Waals surface area contributed by atoms with Crippen LogP contribution in [0.4, 0.5) is 4.79 Å². The fourth-order valence-corrected chi connectivity index (χ4v) is 7.45. The number of carbonyl (C=O) groups excluding carboxylic acids is 4. The second-order valence-electron chi connectivity index (χ2n) is 11.0. The van der Waals surface area contributed by atoms with Crippen LogP contribution in [0.25, 0.3) is 0 Å². The van der Waals surface area contributed by atoms with Gasteiger partial charge in [-0.15, -0.1) is 0 Å². The zero-order valence-electron chi connectivity index (χ0n) is 22.6. The van der Waals surface area contributed by atoms with Crippen LogP contribution in [0, 0.1) is 0 Å². The molecular weight excluding hydrogens is 570 g/mol. The van der Waals surface area contributed by atoms with Gasteiger partial charge in [-0.2, -0.15) is 11.8 Å². The van der Waals surface area contributed by atoms with Gasteiger partial charge in [0.25, 0.3) is 11.8 Å². The van der Waals surface area contributed by atoms with Crippen LogP contribution < -0.4 is 10.6 Å². The summed E-state index contributed by atoms with van der Waals surface area (Å²) < 4.78 is 22.9. The summed E-state index contributed by atoms with van der Waals surface area (Å²) in [6, 6.07) is 7.37. The number of urea groups is 1. The first-order chi connectivity index (χ1) is 20.3. The summed E-state index contributed by atoms with van der Waals surface area (Å²) in [4.78, 5) is 48.6. The Labute approximate surface area is 245 Å². The van der Waals surface area contributed by atoms with Crippen molar-refractivity contribution in [1.29, 1.82) is 0 Å². The van der Waals surface area contributed by atoms with Crippen LogP contribution in [0.1, 0.15) is 43.1 Å². The Morgan fingerprint density at radius 2 is 1.79 bits per heavy atom. The smallest absolute Gasteiger partial charge is 0.315 e. The lowest BCUT2D eigenvalue weighted by molar-refractivity contribution is -0.338.